The van der Waals surface area contributed by atoms with Crippen molar-refractivity contribution in [1.29, 1.82) is 0 Å². The van der Waals surface area contributed by atoms with E-state index in [2.05, 4.69) is 15.3 Å². The summed E-state index contributed by atoms with van der Waals surface area (Å²) in [5, 5.41) is 32.7. The van der Waals surface area contributed by atoms with Crippen LogP contribution in [-0.2, 0) is 6.54 Å². The van der Waals surface area contributed by atoms with E-state index in [1.54, 1.807) is 18.3 Å². The smallest absolute Gasteiger partial charge is 0.183 e. The zero-order valence-corrected chi connectivity index (χ0v) is 14.6. The zero-order chi connectivity index (χ0) is 19.2. The monoisotopic (exact) mass is 365 g/mol. The topological polar surface area (TPSA) is 107 Å². The summed E-state index contributed by atoms with van der Waals surface area (Å²) in [5.41, 5.74) is 1.53. The molecule has 0 amide bonds. The first-order chi connectivity index (χ1) is 13.1. The molecule has 0 aliphatic heterocycles. The second-order valence-electron chi connectivity index (χ2n) is 5.74. The average Bonchev–Trinajstić information content (AvgIpc) is 2.68. The molecule has 0 aliphatic rings. The summed E-state index contributed by atoms with van der Waals surface area (Å²) < 4.78 is 5.22. The fourth-order valence-electron chi connectivity index (χ4n) is 2.44. The summed E-state index contributed by atoms with van der Waals surface area (Å²) in [6.07, 6.45) is 3.10. The molecule has 3 aromatic rings. The summed E-state index contributed by atoms with van der Waals surface area (Å²) in [6.45, 7) is 0.459. The second-order valence-corrected chi connectivity index (χ2v) is 5.74. The molecule has 3 rings (SSSR count). The lowest BCUT2D eigenvalue weighted by atomic mass is 10.1. The van der Waals surface area contributed by atoms with Crippen molar-refractivity contribution >= 4 is 17.7 Å². The first kappa shape index (κ1) is 18.1. The van der Waals surface area contributed by atoms with Gasteiger partial charge in [-0.1, -0.05) is 6.07 Å². The summed E-state index contributed by atoms with van der Waals surface area (Å²) in [5.74, 6) is 0.754. The Hall–Kier alpha value is -3.74. The van der Waals surface area contributed by atoms with Crippen LogP contribution in [-0.4, -0.2) is 33.6 Å². The van der Waals surface area contributed by atoms with Crippen LogP contribution in [0.4, 0.5) is 11.5 Å². The number of methoxy groups -OCH3 is 1. The third-order valence-electron chi connectivity index (χ3n) is 3.83. The lowest BCUT2D eigenvalue weighted by molar-refractivity contribution is 0.374. The quantitative estimate of drug-likeness (QED) is 0.498. The van der Waals surface area contributed by atoms with E-state index in [1.807, 2.05) is 18.2 Å². The van der Waals surface area contributed by atoms with E-state index in [0.717, 1.165) is 11.4 Å². The van der Waals surface area contributed by atoms with Crippen LogP contribution < -0.4 is 10.1 Å². The van der Waals surface area contributed by atoms with Crippen LogP contribution in [0.1, 0.15) is 11.1 Å². The summed E-state index contributed by atoms with van der Waals surface area (Å²) in [4.78, 5) is 8.45. The SMILES string of the molecule is COc1cc(CNc2ccccn2)cc(N=Cc2ccc(O)cc2O)c1O. The Morgan fingerprint density at radius 1 is 1.11 bits per heavy atom. The minimum Gasteiger partial charge on any atom is -0.508 e. The van der Waals surface area contributed by atoms with Crippen LogP contribution in [0.15, 0.2) is 59.7 Å². The van der Waals surface area contributed by atoms with Crippen molar-refractivity contribution in [1.82, 2.24) is 4.98 Å². The highest BCUT2D eigenvalue weighted by Gasteiger charge is 2.10. The number of nitrogens with one attached hydrogen (secondary N) is 1. The fourth-order valence-corrected chi connectivity index (χ4v) is 2.44. The highest BCUT2D eigenvalue weighted by atomic mass is 16.5. The van der Waals surface area contributed by atoms with Gasteiger partial charge in [0.05, 0.1) is 7.11 Å². The Labute approximate surface area is 156 Å². The van der Waals surface area contributed by atoms with E-state index in [9.17, 15) is 15.3 Å². The maximum atomic E-state index is 10.3. The van der Waals surface area contributed by atoms with E-state index in [4.69, 9.17) is 4.74 Å². The van der Waals surface area contributed by atoms with Gasteiger partial charge in [0.1, 0.15) is 23.0 Å². The van der Waals surface area contributed by atoms with Crippen molar-refractivity contribution in [3.8, 4) is 23.0 Å². The highest BCUT2D eigenvalue weighted by molar-refractivity contribution is 5.86. The number of nitrogens with zero attached hydrogens (tertiary/aromatic N) is 2. The number of benzene rings is 2. The number of aromatic nitrogens is 1. The largest absolute Gasteiger partial charge is 0.508 e. The van der Waals surface area contributed by atoms with Gasteiger partial charge >= 0.3 is 0 Å². The highest BCUT2D eigenvalue weighted by Crippen LogP contribution is 2.37. The Kier molecular flexibility index (Phi) is 5.41. The van der Waals surface area contributed by atoms with Crippen LogP contribution in [0.5, 0.6) is 23.0 Å². The number of aromatic hydroxyl groups is 3. The normalized spacial score (nSPS) is 10.9. The number of pyridine rings is 1. The van der Waals surface area contributed by atoms with Crippen molar-refractivity contribution in [3.05, 3.63) is 65.9 Å². The van der Waals surface area contributed by atoms with E-state index >= 15 is 0 Å². The number of hydrogen-bond acceptors (Lipinski definition) is 7. The summed E-state index contributed by atoms with van der Waals surface area (Å²) in [7, 11) is 1.46. The van der Waals surface area contributed by atoms with Gasteiger partial charge in [-0.25, -0.2) is 4.98 Å². The van der Waals surface area contributed by atoms with Crippen LogP contribution in [0.2, 0.25) is 0 Å². The molecule has 0 spiro atoms. The Bertz CT molecular complexity index is 959. The maximum absolute atomic E-state index is 10.3. The van der Waals surface area contributed by atoms with Crippen LogP contribution in [0.25, 0.3) is 0 Å². The predicted octanol–water partition coefficient (Wildman–Crippen LogP) is 3.57. The Morgan fingerprint density at radius 3 is 2.67 bits per heavy atom. The molecule has 27 heavy (non-hydrogen) atoms. The fraction of sp³-hybridized carbons (Fsp3) is 0.100. The molecule has 2 aromatic carbocycles. The van der Waals surface area contributed by atoms with E-state index in [1.165, 1.54) is 31.5 Å². The van der Waals surface area contributed by atoms with Crippen molar-refractivity contribution in [3.63, 3.8) is 0 Å². The third kappa shape index (κ3) is 4.46. The Balaban J connectivity index is 1.86. The minimum atomic E-state index is -0.113. The molecule has 4 N–H and O–H groups in total. The number of phenolic OH excluding ortho intramolecular Hbond substituents is 3. The molecule has 7 heteroatoms. The van der Waals surface area contributed by atoms with Gasteiger partial charge in [-0.2, -0.15) is 0 Å². The first-order valence-corrected chi connectivity index (χ1v) is 8.17. The molecule has 1 aromatic heterocycles. The number of hydrogen-bond donors (Lipinski definition) is 4. The van der Waals surface area contributed by atoms with Gasteiger partial charge in [0.25, 0.3) is 0 Å². The van der Waals surface area contributed by atoms with Gasteiger partial charge < -0.3 is 25.4 Å². The number of ether oxygens (including phenoxy) is 1. The van der Waals surface area contributed by atoms with Gasteiger partial charge in [0.2, 0.25) is 0 Å². The molecule has 0 saturated heterocycles. The molecule has 0 radical (unpaired) electrons. The molecular formula is C20H19N3O4. The number of aliphatic imine (C=N–C) groups is 1. The summed E-state index contributed by atoms with van der Waals surface area (Å²) in [6, 6.07) is 13.2. The van der Waals surface area contributed by atoms with Gasteiger partial charge in [0.15, 0.2) is 11.5 Å². The molecule has 0 unspecified atom stereocenters. The standard InChI is InChI=1S/C20H19N3O4/c1-27-18-9-13(11-23-19-4-2-3-7-21-19)8-16(20(18)26)22-12-14-5-6-15(24)10-17(14)25/h2-10,12,24-26H,11H2,1H3,(H,21,23). The van der Waals surface area contributed by atoms with Gasteiger partial charge in [-0.3, -0.25) is 4.99 Å². The molecule has 1 heterocycles. The molecule has 0 saturated carbocycles. The van der Waals surface area contributed by atoms with Gasteiger partial charge in [-0.05, 0) is 42.0 Å². The van der Waals surface area contributed by atoms with Gasteiger partial charge in [0, 0.05) is 30.6 Å². The van der Waals surface area contributed by atoms with Crippen molar-refractivity contribution in [2.24, 2.45) is 4.99 Å². The molecule has 0 atom stereocenters. The lowest BCUT2D eigenvalue weighted by Crippen LogP contribution is -2.01. The number of anilines is 1. The van der Waals surface area contributed by atoms with Crippen LogP contribution in [0.3, 0.4) is 0 Å². The first-order valence-electron chi connectivity index (χ1n) is 8.17. The van der Waals surface area contributed by atoms with Crippen molar-refractivity contribution in [2.75, 3.05) is 12.4 Å². The Morgan fingerprint density at radius 2 is 1.96 bits per heavy atom. The molecule has 7 nitrogen and oxygen atoms in total. The predicted molar refractivity (Wildman–Crippen MR) is 103 cm³/mol. The average molecular weight is 365 g/mol. The maximum Gasteiger partial charge on any atom is 0.183 e. The third-order valence-corrected chi connectivity index (χ3v) is 3.83. The minimum absolute atomic E-state index is 0.0447. The lowest BCUT2D eigenvalue weighted by Gasteiger charge is -2.11. The summed E-state index contributed by atoms with van der Waals surface area (Å²) >= 11 is 0. The van der Waals surface area contributed by atoms with Crippen LogP contribution in [0, 0.1) is 0 Å². The molecule has 138 valence electrons. The number of rotatable bonds is 6. The van der Waals surface area contributed by atoms with E-state index < -0.39 is 0 Å². The van der Waals surface area contributed by atoms with E-state index in [0.29, 0.717) is 17.8 Å². The zero-order valence-electron chi connectivity index (χ0n) is 14.6. The molecular weight excluding hydrogens is 346 g/mol. The van der Waals surface area contributed by atoms with Crippen molar-refractivity contribution in [2.45, 2.75) is 6.54 Å². The molecule has 0 fully saturated rings. The van der Waals surface area contributed by atoms with Gasteiger partial charge in [-0.15, -0.1) is 0 Å². The number of phenols is 3. The molecule has 0 bridgehead atoms. The second kappa shape index (κ2) is 8.09. The van der Waals surface area contributed by atoms with E-state index in [-0.39, 0.29) is 23.0 Å². The van der Waals surface area contributed by atoms with Crippen molar-refractivity contribution < 1.29 is 20.1 Å². The van der Waals surface area contributed by atoms with Crippen LogP contribution >= 0.6 is 0 Å². The molecule has 0 aliphatic carbocycles.